The normalized spacial score (nSPS) is 21.8. The zero-order valence-corrected chi connectivity index (χ0v) is 8.95. The highest BCUT2D eigenvalue weighted by Gasteiger charge is 2.25. The summed E-state index contributed by atoms with van der Waals surface area (Å²) in [4.78, 5) is 25.4. The molecule has 15 heavy (non-hydrogen) atoms. The van der Waals surface area contributed by atoms with Gasteiger partial charge in [-0.2, -0.15) is 0 Å². The van der Waals surface area contributed by atoms with Crippen LogP contribution in [0.3, 0.4) is 0 Å². The Labute approximate surface area is 89.4 Å². The van der Waals surface area contributed by atoms with Crippen LogP contribution in [-0.4, -0.2) is 29.6 Å². The molecule has 0 saturated carbocycles. The van der Waals surface area contributed by atoms with Crippen molar-refractivity contribution in [2.24, 2.45) is 0 Å². The number of nitrogens with zero attached hydrogens (tertiary/aromatic N) is 1. The number of hydrogen-bond donors (Lipinski definition) is 0. The third-order valence-corrected chi connectivity index (χ3v) is 2.97. The predicted molar refractivity (Wildman–Crippen MR) is 57.3 cm³/mol. The van der Waals surface area contributed by atoms with Gasteiger partial charge in [0.05, 0.1) is 5.70 Å². The van der Waals surface area contributed by atoms with Gasteiger partial charge in [-0.15, -0.1) is 0 Å². The predicted octanol–water partition coefficient (Wildman–Crippen LogP) is 1.45. The highest BCUT2D eigenvalue weighted by atomic mass is 16.1. The van der Waals surface area contributed by atoms with E-state index in [1.165, 1.54) is 12.2 Å². The number of carbonyl (C=O) groups excluding carboxylic acids is 2. The molecule has 0 atom stereocenters. The summed E-state index contributed by atoms with van der Waals surface area (Å²) < 4.78 is 0. The summed E-state index contributed by atoms with van der Waals surface area (Å²) in [7, 11) is 0. The quantitative estimate of drug-likeness (QED) is 0.640. The third kappa shape index (κ3) is 1.87. The van der Waals surface area contributed by atoms with Gasteiger partial charge in [0.1, 0.15) is 0 Å². The second-order valence-electron chi connectivity index (χ2n) is 3.98. The zero-order chi connectivity index (χ0) is 10.8. The number of hydrogen-bond acceptors (Lipinski definition) is 3. The van der Waals surface area contributed by atoms with Crippen LogP contribution in [0.1, 0.15) is 26.2 Å². The molecule has 1 heterocycles. The Morgan fingerprint density at radius 1 is 1.13 bits per heavy atom. The van der Waals surface area contributed by atoms with Gasteiger partial charge in [0.25, 0.3) is 0 Å². The van der Waals surface area contributed by atoms with E-state index in [9.17, 15) is 9.59 Å². The molecule has 2 rings (SSSR count). The Balaban J connectivity index is 2.21. The Bertz CT molecular complexity index is 360. The van der Waals surface area contributed by atoms with E-state index in [-0.39, 0.29) is 11.6 Å². The van der Waals surface area contributed by atoms with Crippen molar-refractivity contribution in [1.29, 1.82) is 0 Å². The fourth-order valence-corrected chi connectivity index (χ4v) is 2.07. The lowest BCUT2D eigenvalue weighted by Gasteiger charge is -2.21. The molecule has 3 heteroatoms. The number of ketones is 2. The summed E-state index contributed by atoms with van der Waals surface area (Å²) in [5.74, 6) is -0.00708. The summed E-state index contributed by atoms with van der Waals surface area (Å²) in [5.41, 5.74) is 1.22. The summed E-state index contributed by atoms with van der Waals surface area (Å²) in [6.45, 7) is 3.70. The first-order chi connectivity index (χ1) is 7.22. The molecule has 1 saturated heterocycles. The molecule has 1 aliphatic carbocycles. The van der Waals surface area contributed by atoms with Crippen LogP contribution in [-0.2, 0) is 9.59 Å². The second-order valence-corrected chi connectivity index (χ2v) is 3.98. The molecule has 0 amide bonds. The fourth-order valence-electron chi connectivity index (χ4n) is 2.07. The Kier molecular flexibility index (Phi) is 2.71. The van der Waals surface area contributed by atoms with Gasteiger partial charge < -0.3 is 4.90 Å². The monoisotopic (exact) mass is 205 g/mol. The van der Waals surface area contributed by atoms with Gasteiger partial charge in [-0.05, 0) is 25.3 Å². The van der Waals surface area contributed by atoms with Gasteiger partial charge in [-0.25, -0.2) is 0 Å². The molecular weight excluding hydrogens is 190 g/mol. The number of likely N-dealkylation sites (tertiary alicyclic amines) is 1. The molecule has 2 aliphatic rings. The molecule has 0 bridgehead atoms. The highest BCUT2D eigenvalue weighted by Crippen LogP contribution is 2.21. The molecule has 0 aromatic rings. The first-order valence-corrected chi connectivity index (χ1v) is 5.48. The SMILES string of the molecule is CCC1=CC(=O)C(N2CCCC2)=CC1=O. The molecule has 0 radical (unpaired) electrons. The van der Waals surface area contributed by atoms with Crippen LogP contribution in [0.2, 0.25) is 0 Å². The van der Waals surface area contributed by atoms with Gasteiger partial charge in [-0.1, -0.05) is 6.92 Å². The van der Waals surface area contributed by atoms with E-state index in [2.05, 4.69) is 0 Å². The molecule has 1 aliphatic heterocycles. The minimum atomic E-state index is -0.00616. The lowest BCUT2D eigenvalue weighted by Crippen LogP contribution is -2.27. The van der Waals surface area contributed by atoms with Crippen LogP contribution in [0.25, 0.3) is 0 Å². The Hall–Kier alpha value is -1.38. The van der Waals surface area contributed by atoms with Crippen molar-refractivity contribution < 1.29 is 9.59 Å². The maximum Gasteiger partial charge on any atom is 0.202 e. The summed E-state index contributed by atoms with van der Waals surface area (Å²) in [6.07, 6.45) is 5.86. The number of carbonyl (C=O) groups is 2. The van der Waals surface area contributed by atoms with Crippen molar-refractivity contribution in [3.05, 3.63) is 23.4 Å². The van der Waals surface area contributed by atoms with Crippen molar-refractivity contribution in [1.82, 2.24) is 4.90 Å². The van der Waals surface area contributed by atoms with E-state index in [1.54, 1.807) is 0 Å². The van der Waals surface area contributed by atoms with Gasteiger partial charge in [0.2, 0.25) is 5.78 Å². The van der Waals surface area contributed by atoms with Crippen molar-refractivity contribution in [2.45, 2.75) is 26.2 Å². The van der Waals surface area contributed by atoms with E-state index in [0.29, 0.717) is 17.7 Å². The van der Waals surface area contributed by atoms with E-state index in [0.717, 1.165) is 25.9 Å². The molecule has 0 N–H and O–H groups in total. The summed E-state index contributed by atoms with van der Waals surface area (Å²) >= 11 is 0. The third-order valence-electron chi connectivity index (χ3n) is 2.97. The van der Waals surface area contributed by atoms with Crippen LogP contribution < -0.4 is 0 Å². The van der Waals surface area contributed by atoms with Gasteiger partial charge in [0.15, 0.2) is 5.78 Å². The summed E-state index contributed by atoms with van der Waals surface area (Å²) in [5, 5.41) is 0. The molecule has 80 valence electrons. The maximum absolute atomic E-state index is 11.8. The topological polar surface area (TPSA) is 37.4 Å². The molecule has 0 unspecified atom stereocenters. The lowest BCUT2D eigenvalue weighted by atomic mass is 9.99. The average molecular weight is 205 g/mol. The Morgan fingerprint density at radius 3 is 2.40 bits per heavy atom. The molecule has 3 nitrogen and oxygen atoms in total. The van der Waals surface area contributed by atoms with Gasteiger partial charge >= 0.3 is 0 Å². The Morgan fingerprint density at radius 2 is 1.80 bits per heavy atom. The van der Waals surface area contributed by atoms with Crippen LogP contribution >= 0.6 is 0 Å². The van der Waals surface area contributed by atoms with Crippen LogP contribution in [0.5, 0.6) is 0 Å². The van der Waals surface area contributed by atoms with E-state index in [1.807, 2.05) is 11.8 Å². The molecule has 0 spiro atoms. The lowest BCUT2D eigenvalue weighted by molar-refractivity contribution is -0.116. The van der Waals surface area contributed by atoms with E-state index in [4.69, 9.17) is 0 Å². The van der Waals surface area contributed by atoms with Gasteiger partial charge in [-0.3, -0.25) is 9.59 Å². The van der Waals surface area contributed by atoms with Gasteiger partial charge in [0, 0.05) is 24.7 Å². The average Bonchev–Trinajstić information content (AvgIpc) is 2.74. The minimum Gasteiger partial charge on any atom is -0.368 e. The molecule has 0 aromatic heterocycles. The van der Waals surface area contributed by atoms with E-state index >= 15 is 0 Å². The van der Waals surface area contributed by atoms with E-state index < -0.39 is 0 Å². The highest BCUT2D eigenvalue weighted by molar-refractivity contribution is 6.19. The minimum absolute atomic E-state index is 0.000926. The largest absolute Gasteiger partial charge is 0.368 e. The first-order valence-electron chi connectivity index (χ1n) is 5.48. The molecule has 0 aromatic carbocycles. The number of allylic oxidation sites excluding steroid dienone is 3. The fraction of sp³-hybridized carbons (Fsp3) is 0.500. The number of rotatable bonds is 2. The van der Waals surface area contributed by atoms with Crippen LogP contribution in [0.15, 0.2) is 23.4 Å². The maximum atomic E-state index is 11.8. The zero-order valence-electron chi connectivity index (χ0n) is 8.95. The van der Waals surface area contributed by atoms with Crippen molar-refractivity contribution >= 4 is 11.6 Å². The second kappa shape index (κ2) is 4.01. The van der Waals surface area contributed by atoms with Crippen molar-refractivity contribution in [2.75, 3.05) is 13.1 Å². The molecule has 1 fully saturated rings. The summed E-state index contributed by atoms with van der Waals surface area (Å²) in [6, 6.07) is 0. The first kappa shape index (κ1) is 10.1. The van der Waals surface area contributed by atoms with Crippen LogP contribution in [0, 0.1) is 0 Å². The van der Waals surface area contributed by atoms with Crippen molar-refractivity contribution in [3.8, 4) is 0 Å². The molecular formula is C12H15NO2. The smallest absolute Gasteiger partial charge is 0.202 e. The standard InChI is InChI=1S/C12H15NO2/c1-2-9-7-12(15)10(8-11(9)14)13-5-3-4-6-13/h7-8H,2-6H2,1H3. The van der Waals surface area contributed by atoms with Crippen molar-refractivity contribution in [3.63, 3.8) is 0 Å². The van der Waals surface area contributed by atoms with Crippen LogP contribution in [0.4, 0.5) is 0 Å².